The highest BCUT2D eigenvalue weighted by atomic mass is 31.2. The van der Waals surface area contributed by atoms with Crippen LogP contribution in [0.1, 0.15) is 26.7 Å². The summed E-state index contributed by atoms with van der Waals surface area (Å²) in [4.78, 5) is 19.9. The summed E-state index contributed by atoms with van der Waals surface area (Å²) in [5.41, 5.74) is 0. The maximum atomic E-state index is 11.0. The topological polar surface area (TPSA) is 54.4 Å². The molecule has 0 saturated carbocycles. The molecule has 0 spiro atoms. The van der Waals surface area contributed by atoms with Crippen LogP contribution in [-0.2, 0) is 9.36 Å². The smallest absolute Gasteiger partial charge is 0.207 e. The molecule has 0 aliphatic heterocycles. The number of carbonyl (C=O) groups is 1. The van der Waals surface area contributed by atoms with Gasteiger partial charge in [0.2, 0.25) is 7.37 Å². The molecule has 1 atom stereocenters. The molecule has 0 bridgehead atoms. The van der Waals surface area contributed by atoms with Crippen LogP contribution in [0, 0.1) is 0 Å². The SMILES string of the molecule is CCCC(=O)CP(=O)(O)CC. The van der Waals surface area contributed by atoms with Gasteiger partial charge in [0.25, 0.3) is 0 Å². The molecule has 0 saturated heterocycles. The predicted molar refractivity (Wildman–Crippen MR) is 45.1 cm³/mol. The van der Waals surface area contributed by atoms with Gasteiger partial charge in [-0.05, 0) is 6.42 Å². The van der Waals surface area contributed by atoms with Gasteiger partial charge in [0.15, 0.2) is 0 Å². The number of hydrogen-bond acceptors (Lipinski definition) is 2. The first-order valence-electron chi connectivity index (χ1n) is 3.84. The minimum atomic E-state index is -3.11. The lowest BCUT2D eigenvalue weighted by atomic mass is 10.3. The molecule has 0 heterocycles. The van der Waals surface area contributed by atoms with Gasteiger partial charge in [0, 0.05) is 12.6 Å². The zero-order valence-corrected chi connectivity index (χ0v) is 7.93. The fraction of sp³-hybridized carbons (Fsp3) is 0.857. The second-order valence-electron chi connectivity index (χ2n) is 2.61. The summed E-state index contributed by atoms with van der Waals surface area (Å²) in [6.45, 7) is 3.51. The summed E-state index contributed by atoms with van der Waals surface area (Å²) in [5, 5.41) is 0. The Bertz CT molecular complexity index is 177. The van der Waals surface area contributed by atoms with E-state index < -0.39 is 7.37 Å². The Morgan fingerprint density at radius 1 is 1.45 bits per heavy atom. The van der Waals surface area contributed by atoms with Gasteiger partial charge in [-0.3, -0.25) is 9.36 Å². The molecule has 4 heteroatoms. The van der Waals surface area contributed by atoms with Crippen LogP contribution in [0.25, 0.3) is 0 Å². The molecule has 0 fully saturated rings. The maximum Gasteiger partial charge on any atom is 0.207 e. The Morgan fingerprint density at radius 3 is 2.36 bits per heavy atom. The lowest BCUT2D eigenvalue weighted by Gasteiger charge is -2.06. The van der Waals surface area contributed by atoms with Crippen LogP contribution in [0.15, 0.2) is 0 Å². The molecule has 3 nitrogen and oxygen atoms in total. The molecule has 1 unspecified atom stereocenters. The molecule has 66 valence electrons. The third kappa shape index (κ3) is 5.16. The summed E-state index contributed by atoms with van der Waals surface area (Å²) in [7, 11) is -3.11. The van der Waals surface area contributed by atoms with Gasteiger partial charge in [-0.1, -0.05) is 13.8 Å². The number of hydrogen-bond donors (Lipinski definition) is 1. The van der Waals surface area contributed by atoms with Crippen LogP contribution in [0.2, 0.25) is 0 Å². The normalized spacial score (nSPS) is 15.9. The zero-order valence-electron chi connectivity index (χ0n) is 7.04. The summed E-state index contributed by atoms with van der Waals surface area (Å²) in [6.07, 6.45) is 1.23. The number of carbonyl (C=O) groups excluding carboxylic acids is 1. The van der Waals surface area contributed by atoms with E-state index in [0.717, 1.165) is 6.42 Å². The Morgan fingerprint density at radius 2 is 2.00 bits per heavy atom. The predicted octanol–water partition coefficient (Wildman–Crippen LogP) is 1.65. The van der Waals surface area contributed by atoms with E-state index in [1.54, 1.807) is 6.92 Å². The quantitative estimate of drug-likeness (QED) is 0.651. The van der Waals surface area contributed by atoms with Crippen molar-refractivity contribution in [2.24, 2.45) is 0 Å². The number of Topliss-reactive ketones (excluding diaryl/α,β-unsaturated/α-hetero) is 1. The second-order valence-corrected chi connectivity index (χ2v) is 5.25. The minimum Gasteiger partial charge on any atom is -0.344 e. The Hall–Kier alpha value is -0.140. The fourth-order valence-electron chi connectivity index (χ4n) is 0.745. The molecule has 0 aromatic carbocycles. The number of ketones is 1. The van der Waals surface area contributed by atoms with Crippen molar-refractivity contribution in [3.63, 3.8) is 0 Å². The van der Waals surface area contributed by atoms with E-state index in [0.29, 0.717) is 6.42 Å². The molecular formula is C7H15O3P. The van der Waals surface area contributed by atoms with Crippen LogP contribution >= 0.6 is 7.37 Å². The summed E-state index contributed by atoms with van der Waals surface area (Å²) < 4.78 is 11.0. The third-order valence-corrected chi connectivity index (χ3v) is 3.28. The van der Waals surface area contributed by atoms with Crippen molar-refractivity contribution in [1.82, 2.24) is 0 Å². The van der Waals surface area contributed by atoms with Gasteiger partial charge in [0.1, 0.15) is 5.78 Å². The molecule has 0 amide bonds. The molecule has 11 heavy (non-hydrogen) atoms. The van der Waals surface area contributed by atoms with Crippen molar-refractivity contribution in [2.45, 2.75) is 26.7 Å². The van der Waals surface area contributed by atoms with Crippen LogP contribution in [0.3, 0.4) is 0 Å². The molecule has 1 N–H and O–H groups in total. The first-order chi connectivity index (χ1) is 5.02. The zero-order chi connectivity index (χ0) is 8.91. The fourth-order valence-corrected chi connectivity index (χ4v) is 1.68. The minimum absolute atomic E-state index is 0.0971. The highest BCUT2D eigenvalue weighted by molar-refractivity contribution is 7.58. The van der Waals surface area contributed by atoms with E-state index in [-0.39, 0.29) is 18.1 Å². The van der Waals surface area contributed by atoms with Gasteiger partial charge in [0.05, 0.1) is 6.16 Å². The van der Waals surface area contributed by atoms with Crippen molar-refractivity contribution in [3.05, 3.63) is 0 Å². The number of rotatable bonds is 5. The van der Waals surface area contributed by atoms with Gasteiger partial charge >= 0.3 is 0 Å². The maximum absolute atomic E-state index is 11.0. The summed E-state index contributed by atoms with van der Waals surface area (Å²) >= 11 is 0. The van der Waals surface area contributed by atoms with E-state index in [4.69, 9.17) is 4.89 Å². The van der Waals surface area contributed by atoms with E-state index in [1.165, 1.54) is 0 Å². The highest BCUT2D eigenvalue weighted by Crippen LogP contribution is 2.39. The average Bonchev–Trinajstić information content (AvgIpc) is 1.87. The molecule has 0 rings (SSSR count). The second kappa shape index (κ2) is 4.68. The molecule has 0 radical (unpaired) electrons. The van der Waals surface area contributed by atoms with Crippen molar-refractivity contribution in [1.29, 1.82) is 0 Å². The van der Waals surface area contributed by atoms with Gasteiger partial charge < -0.3 is 4.89 Å². The Balaban J connectivity index is 3.84. The van der Waals surface area contributed by atoms with Crippen LogP contribution < -0.4 is 0 Å². The monoisotopic (exact) mass is 178 g/mol. The van der Waals surface area contributed by atoms with Crippen LogP contribution in [-0.4, -0.2) is 23.0 Å². The standard InChI is InChI=1S/C7H15O3P/c1-3-5-7(8)6-11(9,10)4-2/h3-6H2,1-2H3,(H,9,10). The Labute approximate surface area is 67.3 Å². The lowest BCUT2D eigenvalue weighted by molar-refractivity contribution is -0.116. The third-order valence-electron chi connectivity index (χ3n) is 1.45. The van der Waals surface area contributed by atoms with Crippen molar-refractivity contribution < 1.29 is 14.3 Å². The van der Waals surface area contributed by atoms with E-state index in [1.807, 2.05) is 6.92 Å². The van der Waals surface area contributed by atoms with E-state index in [9.17, 15) is 9.36 Å². The summed E-state index contributed by atoms with van der Waals surface area (Å²) in [6, 6.07) is 0. The highest BCUT2D eigenvalue weighted by Gasteiger charge is 2.18. The lowest BCUT2D eigenvalue weighted by Crippen LogP contribution is -2.05. The van der Waals surface area contributed by atoms with Crippen LogP contribution in [0.5, 0.6) is 0 Å². The first-order valence-corrected chi connectivity index (χ1v) is 5.87. The van der Waals surface area contributed by atoms with E-state index >= 15 is 0 Å². The average molecular weight is 178 g/mol. The molecule has 0 aliphatic rings. The van der Waals surface area contributed by atoms with Gasteiger partial charge in [-0.15, -0.1) is 0 Å². The first kappa shape index (κ1) is 10.9. The van der Waals surface area contributed by atoms with Crippen molar-refractivity contribution in [2.75, 3.05) is 12.3 Å². The Kier molecular flexibility index (Phi) is 4.62. The summed E-state index contributed by atoms with van der Waals surface area (Å²) in [5.74, 6) is -0.0971. The molecule has 0 aromatic rings. The molecular weight excluding hydrogens is 163 g/mol. The van der Waals surface area contributed by atoms with Crippen molar-refractivity contribution >= 4 is 13.2 Å². The van der Waals surface area contributed by atoms with Crippen LogP contribution in [0.4, 0.5) is 0 Å². The van der Waals surface area contributed by atoms with E-state index in [2.05, 4.69) is 0 Å². The van der Waals surface area contributed by atoms with Gasteiger partial charge in [-0.25, -0.2) is 0 Å². The van der Waals surface area contributed by atoms with Crippen molar-refractivity contribution in [3.8, 4) is 0 Å². The molecule has 0 aliphatic carbocycles. The largest absolute Gasteiger partial charge is 0.344 e. The molecule has 0 aromatic heterocycles. The van der Waals surface area contributed by atoms with Gasteiger partial charge in [-0.2, -0.15) is 0 Å².